The average molecular weight is 390 g/mol. The first-order chi connectivity index (χ1) is 10.6. The minimum Gasteiger partial charge on any atom is -0.290 e. The van der Waals surface area contributed by atoms with Crippen molar-refractivity contribution in [2.24, 2.45) is 0 Å². The fourth-order valence-electron chi connectivity index (χ4n) is 3.67. The molecule has 0 aliphatic carbocycles. The van der Waals surface area contributed by atoms with Gasteiger partial charge in [-0.15, -0.1) is 0 Å². The summed E-state index contributed by atoms with van der Waals surface area (Å²) < 4.78 is 0. The minimum absolute atomic E-state index is 0.112. The molecule has 25 heavy (non-hydrogen) atoms. The predicted molar refractivity (Wildman–Crippen MR) is 124 cm³/mol. The van der Waals surface area contributed by atoms with Crippen LogP contribution in [0.1, 0.15) is 104 Å². The summed E-state index contributed by atoms with van der Waals surface area (Å²) in [5.74, 6) is 0. The highest BCUT2D eigenvalue weighted by Crippen LogP contribution is 2.63. The zero-order valence-electron chi connectivity index (χ0n) is 20.3. The summed E-state index contributed by atoms with van der Waals surface area (Å²) in [6, 6.07) is 0. The summed E-state index contributed by atoms with van der Waals surface area (Å²) in [6.07, 6.45) is 2.49. The Morgan fingerprint density at radius 3 is 0.760 bits per heavy atom. The molecule has 0 unspecified atom stereocenters. The predicted octanol–water partition coefficient (Wildman–Crippen LogP) is 8.16. The SMILES string of the molecule is CC(C)(C)N(CP(C(C)(C)C)C(C)(C)C)CP(C(C)(C)C)C(C)(C)C. The fraction of sp³-hybridized carbons (Fsp3) is 1.00. The van der Waals surface area contributed by atoms with Crippen LogP contribution in [0.15, 0.2) is 0 Å². The quantitative estimate of drug-likeness (QED) is 0.438. The van der Waals surface area contributed by atoms with Crippen LogP contribution in [0.3, 0.4) is 0 Å². The molecule has 0 heterocycles. The number of hydrogen-bond donors (Lipinski definition) is 0. The molecule has 0 aromatic rings. The summed E-state index contributed by atoms with van der Waals surface area (Å²) in [6.45, 7) is 36.6. The average Bonchev–Trinajstić information content (AvgIpc) is 2.18. The summed E-state index contributed by atoms with van der Waals surface area (Å²) in [5.41, 5.74) is 0.216. The first kappa shape index (κ1) is 25.8. The Hall–Kier alpha value is 0.820. The molecule has 0 saturated heterocycles. The lowest BCUT2D eigenvalue weighted by Gasteiger charge is -2.51. The first-order valence-electron chi connectivity index (χ1n) is 9.88. The van der Waals surface area contributed by atoms with E-state index in [1.807, 2.05) is 0 Å². The Labute approximate surface area is 163 Å². The zero-order valence-corrected chi connectivity index (χ0v) is 22.0. The van der Waals surface area contributed by atoms with E-state index in [9.17, 15) is 0 Å². The zero-order chi connectivity index (χ0) is 20.6. The Kier molecular flexibility index (Phi) is 8.32. The van der Waals surface area contributed by atoms with Crippen LogP contribution < -0.4 is 0 Å². The van der Waals surface area contributed by atoms with E-state index in [1.165, 1.54) is 12.6 Å². The van der Waals surface area contributed by atoms with Crippen LogP contribution in [0.25, 0.3) is 0 Å². The Morgan fingerprint density at radius 2 is 0.640 bits per heavy atom. The number of nitrogens with zero attached hydrogens (tertiary/aromatic N) is 1. The molecule has 0 bridgehead atoms. The van der Waals surface area contributed by atoms with E-state index < -0.39 is 0 Å². The summed E-state index contributed by atoms with van der Waals surface area (Å²) in [4.78, 5) is 2.83. The monoisotopic (exact) mass is 389 g/mol. The Bertz CT molecular complexity index is 346. The minimum atomic E-state index is -0.112. The lowest BCUT2D eigenvalue weighted by molar-refractivity contribution is 0.192. The molecule has 0 atom stereocenters. The van der Waals surface area contributed by atoms with E-state index in [2.05, 4.69) is 109 Å². The smallest absolute Gasteiger partial charge is 0.0202 e. The van der Waals surface area contributed by atoms with Crippen LogP contribution in [0.5, 0.6) is 0 Å². The van der Waals surface area contributed by atoms with Crippen molar-refractivity contribution in [2.45, 2.75) is 130 Å². The third kappa shape index (κ3) is 8.58. The summed E-state index contributed by atoms with van der Waals surface area (Å²) >= 11 is 0. The van der Waals surface area contributed by atoms with Crippen molar-refractivity contribution < 1.29 is 0 Å². The Morgan fingerprint density at radius 1 is 0.440 bits per heavy atom. The fourth-order valence-corrected chi connectivity index (χ4v) is 11.3. The van der Waals surface area contributed by atoms with E-state index in [-0.39, 0.29) is 21.4 Å². The molecule has 0 aromatic heterocycles. The topological polar surface area (TPSA) is 3.24 Å². The van der Waals surface area contributed by atoms with Crippen molar-refractivity contribution >= 4 is 15.8 Å². The highest BCUT2D eigenvalue weighted by atomic mass is 31.1. The van der Waals surface area contributed by atoms with E-state index >= 15 is 0 Å². The van der Waals surface area contributed by atoms with Gasteiger partial charge in [0, 0.05) is 18.1 Å². The van der Waals surface area contributed by atoms with E-state index in [0.29, 0.717) is 20.6 Å². The lowest BCUT2D eigenvalue weighted by Crippen LogP contribution is -2.46. The molecule has 0 N–H and O–H groups in total. The first-order valence-corrected chi connectivity index (χ1v) is 12.9. The van der Waals surface area contributed by atoms with Crippen molar-refractivity contribution in [3.63, 3.8) is 0 Å². The van der Waals surface area contributed by atoms with Gasteiger partial charge in [0.15, 0.2) is 0 Å². The maximum absolute atomic E-state index is 2.83. The molecule has 152 valence electrons. The molecule has 0 aliphatic heterocycles. The highest BCUT2D eigenvalue weighted by Gasteiger charge is 2.41. The molecule has 0 aliphatic rings. The molecule has 0 saturated carbocycles. The van der Waals surface area contributed by atoms with Crippen LogP contribution in [0, 0.1) is 0 Å². The van der Waals surface area contributed by atoms with Crippen LogP contribution in [-0.4, -0.2) is 43.6 Å². The molecule has 0 spiro atoms. The van der Waals surface area contributed by atoms with E-state index in [0.717, 1.165) is 0 Å². The van der Waals surface area contributed by atoms with Crippen LogP contribution in [0.2, 0.25) is 0 Å². The van der Waals surface area contributed by atoms with Gasteiger partial charge in [0.25, 0.3) is 0 Å². The van der Waals surface area contributed by atoms with Crippen molar-refractivity contribution in [2.75, 3.05) is 12.6 Å². The second kappa shape index (κ2) is 8.05. The number of hydrogen-bond acceptors (Lipinski definition) is 1. The van der Waals surface area contributed by atoms with Gasteiger partial charge in [0.2, 0.25) is 0 Å². The van der Waals surface area contributed by atoms with Crippen molar-refractivity contribution in [3.8, 4) is 0 Å². The summed E-state index contributed by atoms with van der Waals surface area (Å²) in [5, 5.41) is 1.51. The molecular weight excluding hydrogens is 340 g/mol. The molecule has 3 heteroatoms. The second-order valence-electron chi connectivity index (χ2n) is 12.5. The van der Waals surface area contributed by atoms with E-state index in [4.69, 9.17) is 0 Å². The van der Waals surface area contributed by atoms with Gasteiger partial charge in [-0.3, -0.25) is 4.90 Å². The third-order valence-corrected chi connectivity index (χ3v) is 12.5. The van der Waals surface area contributed by atoms with Gasteiger partial charge in [-0.2, -0.15) is 0 Å². The Balaban J connectivity index is 5.82. The normalized spacial score (nSPS) is 15.6. The van der Waals surface area contributed by atoms with Gasteiger partial charge in [0.1, 0.15) is 0 Å². The molecule has 1 nitrogen and oxygen atoms in total. The van der Waals surface area contributed by atoms with Gasteiger partial charge >= 0.3 is 0 Å². The maximum Gasteiger partial charge on any atom is 0.0202 e. The lowest BCUT2D eigenvalue weighted by atomic mass is 10.1. The second-order valence-corrected chi connectivity index (χ2v) is 20.2. The maximum atomic E-state index is 2.83. The largest absolute Gasteiger partial charge is 0.290 e. The van der Waals surface area contributed by atoms with Crippen LogP contribution in [-0.2, 0) is 0 Å². The molecule has 0 aromatic carbocycles. The van der Waals surface area contributed by atoms with Gasteiger partial charge in [-0.25, -0.2) is 0 Å². The van der Waals surface area contributed by atoms with Crippen molar-refractivity contribution in [1.29, 1.82) is 0 Å². The van der Waals surface area contributed by atoms with E-state index in [1.54, 1.807) is 0 Å². The molecular formula is C22H49NP2. The van der Waals surface area contributed by atoms with Crippen LogP contribution in [0.4, 0.5) is 0 Å². The van der Waals surface area contributed by atoms with Gasteiger partial charge in [-0.1, -0.05) is 98.9 Å². The standard InChI is InChI=1S/C22H49NP2/c1-18(2,3)23(16-24(19(4,5)6)20(7,8)9)17-25(21(10,11)12)22(13,14)15/h16-17H2,1-15H3. The molecule has 0 radical (unpaired) electrons. The summed E-state index contributed by atoms with van der Waals surface area (Å²) in [7, 11) is -0.225. The van der Waals surface area contributed by atoms with Gasteiger partial charge in [-0.05, 0) is 41.4 Å². The molecule has 0 rings (SSSR count). The number of rotatable bonds is 4. The van der Waals surface area contributed by atoms with Gasteiger partial charge < -0.3 is 0 Å². The molecule has 0 fully saturated rings. The van der Waals surface area contributed by atoms with Crippen LogP contribution >= 0.6 is 15.8 Å². The van der Waals surface area contributed by atoms with Crippen molar-refractivity contribution in [1.82, 2.24) is 4.90 Å². The van der Waals surface area contributed by atoms with Crippen molar-refractivity contribution in [3.05, 3.63) is 0 Å². The molecule has 0 amide bonds. The van der Waals surface area contributed by atoms with Gasteiger partial charge in [0.05, 0.1) is 0 Å². The third-order valence-electron chi connectivity index (χ3n) is 4.81. The highest BCUT2D eigenvalue weighted by molar-refractivity contribution is 7.61.